The minimum atomic E-state index is -0.986. The zero-order valence-electron chi connectivity index (χ0n) is 12.0. The van der Waals surface area contributed by atoms with E-state index in [2.05, 4.69) is 5.32 Å². The van der Waals surface area contributed by atoms with Crippen LogP contribution < -0.4 is 14.8 Å². The summed E-state index contributed by atoms with van der Waals surface area (Å²) in [5.41, 5.74) is 0.442. The highest BCUT2D eigenvalue weighted by Gasteiger charge is 2.34. The Morgan fingerprint density at radius 2 is 2.10 bits per heavy atom. The van der Waals surface area contributed by atoms with Crippen LogP contribution in [0.4, 0.5) is 10.5 Å². The Balaban J connectivity index is 2.17. The summed E-state index contributed by atoms with van der Waals surface area (Å²) in [5.74, 6) is 0.0674. The number of carbonyl (C=O) groups excluding carboxylic acids is 1. The van der Waals surface area contributed by atoms with Gasteiger partial charge in [0.1, 0.15) is 17.5 Å². The molecule has 2 N–H and O–H groups in total. The number of aliphatic carboxylic acids is 1. The van der Waals surface area contributed by atoms with Gasteiger partial charge in [0.15, 0.2) is 0 Å². The fourth-order valence-corrected chi connectivity index (χ4v) is 2.37. The van der Waals surface area contributed by atoms with Crippen molar-refractivity contribution >= 4 is 17.7 Å². The first-order chi connectivity index (χ1) is 10.1. The zero-order valence-corrected chi connectivity index (χ0v) is 12.0. The molecule has 1 aromatic rings. The molecule has 1 aromatic carbocycles. The highest BCUT2D eigenvalue weighted by Crippen LogP contribution is 2.30. The number of likely N-dealkylation sites (tertiary alicyclic amines) is 1. The first-order valence-electron chi connectivity index (χ1n) is 6.59. The molecule has 21 heavy (non-hydrogen) atoms. The molecule has 1 saturated heterocycles. The molecule has 0 saturated carbocycles. The summed E-state index contributed by atoms with van der Waals surface area (Å²) in [5, 5.41) is 11.8. The van der Waals surface area contributed by atoms with Crippen molar-refractivity contribution in [3.63, 3.8) is 0 Å². The number of rotatable bonds is 4. The molecular formula is C14H18N2O5. The quantitative estimate of drug-likeness (QED) is 0.883. The number of carboxylic acid groups (broad SMARTS) is 1. The summed E-state index contributed by atoms with van der Waals surface area (Å²) in [7, 11) is 3.02. The number of nitrogens with one attached hydrogen (secondary N) is 1. The van der Waals surface area contributed by atoms with E-state index in [0.717, 1.165) is 0 Å². The van der Waals surface area contributed by atoms with Crippen LogP contribution in [0, 0.1) is 0 Å². The standard InChI is InChI=1S/C14H18N2O5/c1-20-9-5-6-12(21-2)10(8-9)15-14(19)16-7-3-4-11(16)13(17)18/h5-6,8,11H,3-4,7H2,1-2H3,(H,15,19)(H,17,18)/t11-/m1/s1. The molecule has 0 radical (unpaired) electrons. The summed E-state index contributed by atoms with van der Waals surface area (Å²) in [4.78, 5) is 24.7. The smallest absolute Gasteiger partial charge is 0.326 e. The number of hydrogen-bond donors (Lipinski definition) is 2. The Bertz CT molecular complexity index is 546. The van der Waals surface area contributed by atoms with E-state index in [4.69, 9.17) is 14.6 Å². The van der Waals surface area contributed by atoms with Crippen LogP contribution in [0.3, 0.4) is 0 Å². The number of nitrogens with zero attached hydrogens (tertiary/aromatic N) is 1. The molecule has 1 atom stereocenters. The fourth-order valence-electron chi connectivity index (χ4n) is 2.37. The molecule has 7 nitrogen and oxygen atoms in total. The summed E-state index contributed by atoms with van der Waals surface area (Å²) in [6.45, 7) is 0.426. The number of urea groups is 1. The first kappa shape index (κ1) is 15.0. The third-order valence-corrected chi connectivity index (χ3v) is 3.45. The van der Waals surface area contributed by atoms with Gasteiger partial charge < -0.3 is 24.8 Å². The molecule has 7 heteroatoms. The van der Waals surface area contributed by atoms with Crippen LogP contribution in [-0.2, 0) is 4.79 Å². The van der Waals surface area contributed by atoms with Gasteiger partial charge in [-0.05, 0) is 25.0 Å². The SMILES string of the molecule is COc1ccc(OC)c(NC(=O)N2CCC[C@@H]2C(=O)O)c1. The number of ether oxygens (including phenoxy) is 2. The normalized spacial score (nSPS) is 17.4. The first-order valence-corrected chi connectivity index (χ1v) is 6.59. The highest BCUT2D eigenvalue weighted by atomic mass is 16.5. The molecule has 2 rings (SSSR count). The third kappa shape index (κ3) is 3.18. The van der Waals surface area contributed by atoms with Gasteiger partial charge >= 0.3 is 12.0 Å². The molecule has 0 bridgehead atoms. The number of benzene rings is 1. The maximum absolute atomic E-state index is 12.3. The molecule has 0 aliphatic carbocycles. The molecule has 1 aliphatic rings. The number of amides is 2. The lowest BCUT2D eigenvalue weighted by atomic mass is 10.2. The van der Waals surface area contributed by atoms with Gasteiger partial charge in [-0.3, -0.25) is 0 Å². The van der Waals surface area contributed by atoms with E-state index in [-0.39, 0.29) is 0 Å². The van der Waals surface area contributed by atoms with Crippen LogP contribution in [0.15, 0.2) is 18.2 Å². The Labute approximate surface area is 122 Å². The van der Waals surface area contributed by atoms with E-state index in [9.17, 15) is 9.59 Å². The average Bonchev–Trinajstić information content (AvgIpc) is 2.96. The summed E-state index contributed by atoms with van der Waals surface area (Å²) in [6, 6.07) is 3.79. The van der Waals surface area contributed by atoms with Crippen LogP contribution >= 0.6 is 0 Å². The van der Waals surface area contributed by atoms with Gasteiger partial charge in [-0.15, -0.1) is 0 Å². The Morgan fingerprint density at radius 1 is 1.33 bits per heavy atom. The van der Waals surface area contributed by atoms with Crippen molar-refractivity contribution in [3.8, 4) is 11.5 Å². The maximum atomic E-state index is 12.3. The molecule has 2 amide bonds. The largest absolute Gasteiger partial charge is 0.497 e. The van der Waals surface area contributed by atoms with E-state index in [1.165, 1.54) is 19.1 Å². The number of methoxy groups -OCH3 is 2. The van der Waals surface area contributed by atoms with E-state index >= 15 is 0 Å². The lowest BCUT2D eigenvalue weighted by molar-refractivity contribution is -0.141. The van der Waals surface area contributed by atoms with Crippen molar-refractivity contribution in [3.05, 3.63) is 18.2 Å². The fraction of sp³-hybridized carbons (Fsp3) is 0.429. The second kappa shape index (κ2) is 6.34. The van der Waals surface area contributed by atoms with Gasteiger partial charge in [0.2, 0.25) is 0 Å². The lowest BCUT2D eigenvalue weighted by Crippen LogP contribution is -2.42. The predicted molar refractivity (Wildman–Crippen MR) is 75.9 cm³/mol. The average molecular weight is 294 g/mol. The van der Waals surface area contributed by atoms with Crippen LogP contribution in [0.25, 0.3) is 0 Å². The van der Waals surface area contributed by atoms with Gasteiger partial charge in [0, 0.05) is 12.6 Å². The summed E-state index contributed by atoms with van der Waals surface area (Å²) < 4.78 is 10.3. The van der Waals surface area contributed by atoms with Crippen molar-refractivity contribution in [1.29, 1.82) is 0 Å². The summed E-state index contributed by atoms with van der Waals surface area (Å²) >= 11 is 0. The second-order valence-electron chi connectivity index (χ2n) is 4.69. The zero-order chi connectivity index (χ0) is 15.4. The van der Waals surface area contributed by atoms with Crippen molar-refractivity contribution < 1.29 is 24.2 Å². The van der Waals surface area contributed by atoms with E-state index in [0.29, 0.717) is 36.6 Å². The van der Waals surface area contributed by atoms with Gasteiger partial charge in [-0.2, -0.15) is 0 Å². The van der Waals surface area contributed by atoms with E-state index in [1.807, 2.05) is 0 Å². The van der Waals surface area contributed by atoms with Gasteiger partial charge in [0.25, 0.3) is 0 Å². The van der Waals surface area contributed by atoms with Crippen molar-refractivity contribution in [2.75, 3.05) is 26.1 Å². The summed E-state index contributed by atoms with van der Waals surface area (Å²) in [6.07, 6.45) is 1.15. The molecule has 0 spiro atoms. The van der Waals surface area contributed by atoms with Crippen molar-refractivity contribution in [2.24, 2.45) is 0 Å². The Morgan fingerprint density at radius 3 is 2.71 bits per heavy atom. The third-order valence-electron chi connectivity index (χ3n) is 3.45. The Hall–Kier alpha value is -2.44. The maximum Gasteiger partial charge on any atom is 0.326 e. The van der Waals surface area contributed by atoms with Gasteiger partial charge in [0.05, 0.1) is 19.9 Å². The topological polar surface area (TPSA) is 88.1 Å². The van der Waals surface area contributed by atoms with Crippen LogP contribution in [0.5, 0.6) is 11.5 Å². The van der Waals surface area contributed by atoms with Crippen LogP contribution in [-0.4, -0.2) is 48.8 Å². The molecule has 1 aliphatic heterocycles. The molecule has 0 aromatic heterocycles. The van der Waals surface area contributed by atoms with Crippen molar-refractivity contribution in [2.45, 2.75) is 18.9 Å². The number of carbonyl (C=O) groups is 2. The number of hydrogen-bond acceptors (Lipinski definition) is 4. The lowest BCUT2D eigenvalue weighted by Gasteiger charge is -2.22. The van der Waals surface area contributed by atoms with Gasteiger partial charge in [-0.25, -0.2) is 9.59 Å². The molecule has 1 heterocycles. The number of anilines is 1. The molecule has 1 fully saturated rings. The van der Waals surface area contributed by atoms with Crippen molar-refractivity contribution in [1.82, 2.24) is 4.90 Å². The van der Waals surface area contributed by atoms with Gasteiger partial charge in [-0.1, -0.05) is 0 Å². The second-order valence-corrected chi connectivity index (χ2v) is 4.69. The van der Waals surface area contributed by atoms with E-state index < -0.39 is 18.0 Å². The van der Waals surface area contributed by atoms with E-state index in [1.54, 1.807) is 18.2 Å². The molecule has 114 valence electrons. The van der Waals surface area contributed by atoms with Crippen LogP contribution in [0.1, 0.15) is 12.8 Å². The Kier molecular flexibility index (Phi) is 4.52. The highest BCUT2D eigenvalue weighted by molar-refractivity contribution is 5.94. The monoisotopic (exact) mass is 294 g/mol. The molecular weight excluding hydrogens is 276 g/mol. The minimum Gasteiger partial charge on any atom is -0.497 e. The number of carboxylic acids is 1. The van der Waals surface area contributed by atoms with Crippen LogP contribution in [0.2, 0.25) is 0 Å². The molecule has 0 unspecified atom stereocenters. The predicted octanol–water partition coefficient (Wildman–Crippen LogP) is 1.78. The minimum absolute atomic E-state index is 0.426.